The Hall–Kier alpha value is -1.91. The molecule has 0 saturated carbocycles. The van der Waals surface area contributed by atoms with Crippen LogP contribution in [-0.4, -0.2) is 41.7 Å². The molecule has 1 aromatic heterocycles. The van der Waals surface area contributed by atoms with Crippen LogP contribution in [0, 0.1) is 5.82 Å². The van der Waals surface area contributed by atoms with Crippen LogP contribution >= 0.6 is 24.0 Å². The van der Waals surface area contributed by atoms with E-state index in [2.05, 4.69) is 20.4 Å². The first-order valence-corrected chi connectivity index (χ1v) is 8.89. The molecule has 156 valence electrons. The van der Waals surface area contributed by atoms with Gasteiger partial charge in [-0.05, 0) is 24.6 Å². The largest absolute Gasteiger partial charge is 0.494 e. The normalized spacial score (nSPS) is 11.8. The number of aliphatic imine (C=N–C) groups is 1. The summed E-state index contributed by atoms with van der Waals surface area (Å²) in [6, 6.07) is 4.92. The van der Waals surface area contributed by atoms with E-state index in [1.165, 1.54) is 13.2 Å². The van der Waals surface area contributed by atoms with Crippen LogP contribution < -0.4 is 10.1 Å². The minimum atomic E-state index is -0.383. The van der Waals surface area contributed by atoms with E-state index in [-0.39, 0.29) is 41.0 Å². The van der Waals surface area contributed by atoms with Gasteiger partial charge in [0.15, 0.2) is 23.4 Å². The topological polar surface area (TPSA) is 75.8 Å². The Morgan fingerprint density at radius 1 is 1.36 bits per heavy atom. The Morgan fingerprint density at radius 2 is 2.07 bits per heavy atom. The van der Waals surface area contributed by atoms with Crippen LogP contribution in [0.4, 0.5) is 4.39 Å². The molecule has 0 amide bonds. The highest BCUT2D eigenvalue weighted by Crippen LogP contribution is 2.20. The number of nitrogens with one attached hydrogen (secondary N) is 1. The first kappa shape index (κ1) is 24.1. The number of ether oxygens (including phenoxy) is 1. The summed E-state index contributed by atoms with van der Waals surface area (Å²) in [5.74, 6) is 1.63. The van der Waals surface area contributed by atoms with E-state index in [0.717, 1.165) is 5.56 Å². The van der Waals surface area contributed by atoms with Crippen LogP contribution in [0.3, 0.4) is 0 Å². The summed E-state index contributed by atoms with van der Waals surface area (Å²) in [4.78, 5) is 10.9. The van der Waals surface area contributed by atoms with Crippen molar-refractivity contribution >= 4 is 29.9 Å². The fraction of sp³-hybridized carbons (Fsp3) is 0.526. The van der Waals surface area contributed by atoms with Crippen LogP contribution in [0.15, 0.2) is 27.7 Å². The summed E-state index contributed by atoms with van der Waals surface area (Å²) in [5, 5.41) is 7.20. The molecule has 9 heteroatoms. The van der Waals surface area contributed by atoms with E-state index in [0.29, 0.717) is 37.3 Å². The highest BCUT2D eigenvalue weighted by molar-refractivity contribution is 14.0. The van der Waals surface area contributed by atoms with Crippen LogP contribution in [0.2, 0.25) is 0 Å². The number of halogens is 2. The summed E-state index contributed by atoms with van der Waals surface area (Å²) in [6.45, 7) is 9.52. The molecule has 0 saturated heterocycles. The second-order valence-electron chi connectivity index (χ2n) is 7.26. The highest BCUT2D eigenvalue weighted by Gasteiger charge is 2.21. The molecule has 0 spiro atoms. The van der Waals surface area contributed by atoms with Crippen molar-refractivity contribution in [1.29, 1.82) is 0 Å². The van der Waals surface area contributed by atoms with Gasteiger partial charge in [0.2, 0.25) is 5.89 Å². The second kappa shape index (κ2) is 10.6. The minimum absolute atomic E-state index is 0. The molecule has 0 radical (unpaired) electrons. The van der Waals surface area contributed by atoms with Crippen LogP contribution in [0.25, 0.3) is 0 Å². The summed E-state index contributed by atoms with van der Waals surface area (Å²) in [7, 11) is 3.34. The summed E-state index contributed by atoms with van der Waals surface area (Å²) in [5.41, 5.74) is 0.616. The van der Waals surface area contributed by atoms with Gasteiger partial charge in [-0.3, -0.25) is 0 Å². The van der Waals surface area contributed by atoms with Gasteiger partial charge in [0.1, 0.15) is 6.54 Å². The average molecular weight is 505 g/mol. The number of methoxy groups -OCH3 is 1. The van der Waals surface area contributed by atoms with Gasteiger partial charge in [0, 0.05) is 25.6 Å². The van der Waals surface area contributed by atoms with Gasteiger partial charge in [-0.25, -0.2) is 9.38 Å². The number of hydrogen-bond acceptors (Lipinski definition) is 5. The number of rotatable bonds is 6. The molecule has 2 aromatic rings. The Morgan fingerprint density at radius 3 is 2.61 bits per heavy atom. The number of nitrogens with zero attached hydrogens (tertiary/aromatic N) is 4. The van der Waals surface area contributed by atoms with E-state index in [1.807, 2.05) is 45.7 Å². The average Bonchev–Trinajstić information content (AvgIpc) is 3.08. The van der Waals surface area contributed by atoms with Gasteiger partial charge in [-0.2, -0.15) is 4.98 Å². The van der Waals surface area contributed by atoms with E-state index in [4.69, 9.17) is 9.26 Å². The molecule has 1 aromatic carbocycles. The maximum Gasteiger partial charge on any atom is 0.232 e. The van der Waals surface area contributed by atoms with Crippen molar-refractivity contribution in [1.82, 2.24) is 20.4 Å². The third kappa shape index (κ3) is 6.61. The summed E-state index contributed by atoms with van der Waals surface area (Å²) < 4.78 is 24.2. The maximum absolute atomic E-state index is 13.9. The molecule has 1 N–H and O–H groups in total. The second-order valence-corrected chi connectivity index (χ2v) is 7.26. The van der Waals surface area contributed by atoms with Crippen molar-refractivity contribution < 1.29 is 13.7 Å². The SMILES string of the molecule is CCNC(=NCc1noc(C(C)(C)C)n1)N(C)Cc1ccc(OC)c(F)c1.I. The van der Waals surface area contributed by atoms with Crippen molar-refractivity contribution in [2.75, 3.05) is 20.7 Å². The monoisotopic (exact) mass is 505 g/mol. The van der Waals surface area contributed by atoms with E-state index in [9.17, 15) is 4.39 Å². The Bertz CT molecular complexity index is 789. The van der Waals surface area contributed by atoms with E-state index in [1.54, 1.807) is 6.07 Å². The summed E-state index contributed by atoms with van der Waals surface area (Å²) in [6.07, 6.45) is 0. The van der Waals surface area contributed by atoms with Crippen molar-refractivity contribution in [3.8, 4) is 5.75 Å². The Labute approximate surface area is 182 Å². The molecule has 28 heavy (non-hydrogen) atoms. The lowest BCUT2D eigenvalue weighted by molar-refractivity contribution is 0.318. The highest BCUT2D eigenvalue weighted by atomic mass is 127. The fourth-order valence-corrected chi connectivity index (χ4v) is 2.40. The molecule has 1 heterocycles. The van der Waals surface area contributed by atoms with Gasteiger partial charge < -0.3 is 19.5 Å². The number of benzene rings is 1. The molecule has 7 nitrogen and oxygen atoms in total. The predicted molar refractivity (Wildman–Crippen MR) is 118 cm³/mol. The van der Waals surface area contributed by atoms with Crippen LogP contribution in [-0.2, 0) is 18.5 Å². The molecule has 0 unspecified atom stereocenters. The quantitative estimate of drug-likeness (QED) is 0.367. The molecular weight excluding hydrogens is 476 g/mol. The van der Waals surface area contributed by atoms with Crippen LogP contribution in [0.5, 0.6) is 5.75 Å². The standard InChI is InChI=1S/C19H28FN5O2.HI/c1-7-21-18(22-11-16-23-17(27-24-16)19(2,3)4)25(5)12-13-8-9-15(26-6)14(20)10-13;/h8-10H,7,11-12H2,1-6H3,(H,21,22);1H. The lowest BCUT2D eigenvalue weighted by Gasteiger charge is -2.22. The molecule has 0 aliphatic heterocycles. The maximum atomic E-state index is 13.9. The molecule has 0 aliphatic rings. The molecule has 0 bridgehead atoms. The third-order valence-electron chi connectivity index (χ3n) is 3.81. The molecule has 0 fully saturated rings. The van der Waals surface area contributed by atoms with Crippen molar-refractivity contribution in [2.24, 2.45) is 4.99 Å². The van der Waals surface area contributed by atoms with Crippen LogP contribution in [0.1, 0.15) is 45.0 Å². The zero-order valence-corrected chi connectivity index (χ0v) is 19.6. The lowest BCUT2D eigenvalue weighted by Crippen LogP contribution is -2.38. The van der Waals surface area contributed by atoms with Gasteiger partial charge in [0.05, 0.1) is 7.11 Å². The van der Waals surface area contributed by atoms with E-state index < -0.39 is 0 Å². The van der Waals surface area contributed by atoms with E-state index >= 15 is 0 Å². The molecule has 0 aliphatic carbocycles. The third-order valence-corrected chi connectivity index (χ3v) is 3.81. The number of aromatic nitrogens is 2. The van der Waals surface area contributed by atoms with Gasteiger partial charge >= 0.3 is 0 Å². The van der Waals surface area contributed by atoms with Gasteiger partial charge in [0.25, 0.3) is 0 Å². The van der Waals surface area contributed by atoms with Crippen molar-refractivity contribution in [3.63, 3.8) is 0 Å². The van der Waals surface area contributed by atoms with Gasteiger partial charge in [-0.1, -0.05) is 32.0 Å². The zero-order valence-electron chi connectivity index (χ0n) is 17.2. The Kier molecular flexibility index (Phi) is 9.12. The first-order chi connectivity index (χ1) is 12.7. The van der Waals surface area contributed by atoms with Crippen molar-refractivity contribution in [3.05, 3.63) is 41.3 Å². The van der Waals surface area contributed by atoms with Crippen molar-refractivity contribution in [2.45, 2.75) is 46.2 Å². The Balaban J connectivity index is 0.00000392. The van der Waals surface area contributed by atoms with Gasteiger partial charge in [-0.15, -0.1) is 24.0 Å². The molecular formula is C19H29FIN5O2. The summed E-state index contributed by atoms with van der Waals surface area (Å²) >= 11 is 0. The predicted octanol–water partition coefficient (Wildman–Crippen LogP) is 3.73. The number of guanidine groups is 1. The fourth-order valence-electron chi connectivity index (χ4n) is 2.40. The number of hydrogen-bond donors (Lipinski definition) is 1. The first-order valence-electron chi connectivity index (χ1n) is 8.89. The molecule has 0 atom stereocenters. The molecule has 2 rings (SSSR count). The zero-order chi connectivity index (χ0) is 20.0. The minimum Gasteiger partial charge on any atom is -0.494 e. The lowest BCUT2D eigenvalue weighted by atomic mass is 9.97. The smallest absolute Gasteiger partial charge is 0.232 e.